The van der Waals surface area contributed by atoms with Crippen molar-refractivity contribution in [3.05, 3.63) is 42.2 Å². The number of ketones is 1. The molecule has 0 unspecified atom stereocenters. The molecule has 0 aliphatic carbocycles. The topological polar surface area (TPSA) is 30.0 Å². The molecule has 2 rings (SSSR count). The molecule has 2 nitrogen and oxygen atoms in total. The second-order valence-corrected chi connectivity index (χ2v) is 2.83. The van der Waals surface area contributed by atoms with Crippen molar-refractivity contribution in [1.29, 1.82) is 0 Å². The Balaban J connectivity index is 2.71. The summed E-state index contributed by atoms with van der Waals surface area (Å²) in [5.41, 5.74) is 0.540. The van der Waals surface area contributed by atoms with E-state index in [1.54, 1.807) is 6.20 Å². The lowest BCUT2D eigenvalue weighted by Crippen LogP contribution is -1.94. The number of hydrogen-bond acceptors (Lipinski definition) is 2. The van der Waals surface area contributed by atoms with Crippen LogP contribution in [-0.2, 0) is 0 Å². The highest BCUT2D eigenvalue weighted by molar-refractivity contribution is 6.06. The molecule has 0 atom stereocenters. The normalized spacial score (nSPS) is 11.2. The first kappa shape index (κ1) is 6.78. The summed E-state index contributed by atoms with van der Waals surface area (Å²) in [6, 6.07) is 7.56. The van der Waals surface area contributed by atoms with Crippen LogP contribution in [-0.4, -0.2) is 10.8 Å². The highest BCUT2D eigenvalue weighted by atomic mass is 16.1. The highest BCUT2D eigenvalue weighted by Crippen LogP contribution is 2.16. The molecule has 1 heterocycles. The summed E-state index contributed by atoms with van der Waals surface area (Å²) < 4.78 is 7.04. The Labute approximate surface area is 77.6 Å². The lowest BCUT2D eigenvalue weighted by Gasteiger charge is -2.00. The van der Waals surface area contributed by atoms with Crippen LogP contribution in [0, 0.1) is 0 Å². The molecule has 0 spiro atoms. The van der Waals surface area contributed by atoms with E-state index >= 15 is 0 Å². The number of fused-ring (bicyclic) bond motifs is 1. The van der Waals surface area contributed by atoms with Gasteiger partial charge in [-0.1, -0.05) is 24.3 Å². The molecule has 0 aliphatic heterocycles. The first-order valence-corrected chi connectivity index (χ1v) is 3.98. The smallest absolute Gasteiger partial charge is 0.161 e. The molecule has 0 saturated heterocycles. The van der Waals surface area contributed by atoms with Crippen molar-refractivity contribution in [3.63, 3.8) is 0 Å². The zero-order chi connectivity index (χ0) is 9.97. The van der Waals surface area contributed by atoms with E-state index in [-0.39, 0.29) is 12.7 Å². The van der Waals surface area contributed by atoms with Crippen molar-refractivity contribution < 1.29 is 6.17 Å². The summed E-state index contributed by atoms with van der Waals surface area (Å²) in [6.07, 6.45) is 3.25. The zero-order valence-electron chi connectivity index (χ0n) is 8.03. The monoisotopic (exact) mass is 173 g/mol. The average Bonchev–Trinajstić information content (AvgIpc) is 2.27. The maximum absolute atomic E-state index is 11.4. The van der Waals surface area contributed by atoms with Crippen LogP contribution in [0.15, 0.2) is 36.7 Å². The molecule has 2 heteroatoms. The summed E-state index contributed by atoms with van der Waals surface area (Å²) in [6.45, 7) is -0.227. The van der Waals surface area contributed by atoms with Gasteiger partial charge in [0.2, 0.25) is 0 Å². The Bertz CT molecular complexity index is 476. The Morgan fingerprint density at radius 3 is 3.08 bits per heavy atom. The quantitative estimate of drug-likeness (QED) is 0.620. The molecule has 64 valence electrons. The molecule has 0 radical (unpaired) electrons. The van der Waals surface area contributed by atoms with E-state index < -0.39 is 0 Å². The summed E-state index contributed by atoms with van der Waals surface area (Å²) in [7, 11) is 0. The van der Waals surface area contributed by atoms with Crippen LogP contribution in [0.1, 0.15) is 18.6 Å². The number of aromatic nitrogens is 1. The Morgan fingerprint density at radius 2 is 2.23 bits per heavy atom. The minimum atomic E-state index is -0.227. The van der Waals surface area contributed by atoms with Crippen LogP contribution in [0.4, 0.5) is 0 Å². The molecule has 0 fully saturated rings. The van der Waals surface area contributed by atoms with Gasteiger partial charge in [0.25, 0.3) is 0 Å². The van der Waals surface area contributed by atoms with E-state index in [2.05, 4.69) is 4.98 Å². The van der Waals surface area contributed by atoms with Crippen molar-refractivity contribution in [2.75, 3.05) is 0 Å². The fraction of sp³-hybridized carbons (Fsp3) is 0.0909. The number of carbonyl (C=O) groups is 1. The van der Waals surface area contributed by atoms with Crippen molar-refractivity contribution in [1.82, 2.24) is 4.98 Å². The molecule has 13 heavy (non-hydrogen) atoms. The number of rotatable bonds is 1. The van der Waals surface area contributed by atoms with Crippen LogP contribution in [0.2, 0.25) is 0 Å². The molecule has 0 N–H and O–H groups in total. The van der Waals surface area contributed by atoms with E-state index in [0.29, 0.717) is 5.56 Å². The Morgan fingerprint density at radius 1 is 1.38 bits per heavy atom. The van der Waals surface area contributed by atoms with Crippen LogP contribution < -0.4 is 0 Å². The van der Waals surface area contributed by atoms with Gasteiger partial charge < -0.3 is 0 Å². The summed E-state index contributed by atoms with van der Waals surface area (Å²) in [5.74, 6) is -0.186. The van der Waals surface area contributed by atoms with Gasteiger partial charge in [-0.2, -0.15) is 0 Å². The number of nitrogens with zero attached hydrogens (tertiary/aromatic N) is 1. The number of benzene rings is 1. The second-order valence-electron chi connectivity index (χ2n) is 2.83. The fourth-order valence-electron chi connectivity index (χ4n) is 1.34. The van der Waals surface area contributed by atoms with E-state index in [0.717, 1.165) is 10.8 Å². The third-order valence-electron chi connectivity index (χ3n) is 1.97. The Kier molecular flexibility index (Phi) is 1.55. The third kappa shape index (κ3) is 1.31. The van der Waals surface area contributed by atoms with Gasteiger partial charge in [0, 0.05) is 24.7 Å². The summed E-state index contributed by atoms with van der Waals surface area (Å²) >= 11 is 0. The highest BCUT2D eigenvalue weighted by Gasteiger charge is 2.03. The molecule has 1 aromatic heterocycles. The summed E-state index contributed by atoms with van der Waals surface area (Å²) in [5, 5.41) is 1.81. The zero-order valence-corrected chi connectivity index (χ0v) is 7.03. The van der Waals surface area contributed by atoms with E-state index in [9.17, 15) is 4.79 Å². The number of Topliss-reactive ketones (excluding diaryl/α,β-unsaturated/α-hetero) is 1. The van der Waals surface area contributed by atoms with E-state index in [1.165, 1.54) is 6.20 Å². The first-order chi connectivity index (χ1) is 6.83. The molecule has 2 aromatic rings. The summed E-state index contributed by atoms with van der Waals surface area (Å²) in [4.78, 5) is 15.4. The van der Waals surface area contributed by atoms with Crippen LogP contribution in [0.3, 0.4) is 0 Å². The van der Waals surface area contributed by atoms with Gasteiger partial charge in [0.15, 0.2) is 5.78 Å². The number of pyridine rings is 1. The molecule has 0 amide bonds. The van der Waals surface area contributed by atoms with Crippen molar-refractivity contribution >= 4 is 16.6 Å². The second kappa shape index (κ2) is 2.98. The molecule has 0 aliphatic rings. The van der Waals surface area contributed by atoms with Crippen molar-refractivity contribution in [2.24, 2.45) is 0 Å². The predicted octanol–water partition coefficient (Wildman–Crippen LogP) is 2.44. The minimum Gasteiger partial charge on any atom is -0.294 e. The standard InChI is InChI=1S/C11H9NO/c1-8(13)11-7-12-6-9-4-2-3-5-10(9)11/h2-7H,1H3/i1T. The average molecular weight is 173 g/mol. The molecular weight excluding hydrogens is 162 g/mol. The van der Waals surface area contributed by atoms with Crippen LogP contribution in [0.5, 0.6) is 0 Å². The van der Waals surface area contributed by atoms with Gasteiger partial charge in [0.05, 0.1) is 0 Å². The number of carbonyl (C=O) groups excluding carboxylic acids is 1. The fourth-order valence-corrected chi connectivity index (χ4v) is 1.34. The van der Waals surface area contributed by atoms with Crippen LogP contribution in [0.25, 0.3) is 10.8 Å². The van der Waals surface area contributed by atoms with Crippen LogP contribution >= 0.6 is 0 Å². The third-order valence-corrected chi connectivity index (χ3v) is 1.97. The van der Waals surface area contributed by atoms with Gasteiger partial charge in [-0.05, 0) is 12.3 Å². The molecule has 1 aromatic carbocycles. The molecular formula is C11H9NO. The number of hydrogen-bond donors (Lipinski definition) is 0. The molecule has 0 saturated carbocycles. The van der Waals surface area contributed by atoms with Gasteiger partial charge in [-0.25, -0.2) is 0 Å². The van der Waals surface area contributed by atoms with Crippen molar-refractivity contribution in [3.8, 4) is 0 Å². The van der Waals surface area contributed by atoms with Gasteiger partial charge in [-0.3, -0.25) is 9.78 Å². The van der Waals surface area contributed by atoms with Gasteiger partial charge >= 0.3 is 0 Å². The lowest BCUT2D eigenvalue weighted by molar-refractivity contribution is 0.101. The SMILES string of the molecule is [3H]CC(=O)c1cncc2ccccc12. The van der Waals surface area contributed by atoms with Crippen molar-refractivity contribution in [2.45, 2.75) is 6.90 Å². The predicted molar refractivity (Wildman–Crippen MR) is 51.7 cm³/mol. The van der Waals surface area contributed by atoms with E-state index in [4.69, 9.17) is 1.37 Å². The van der Waals surface area contributed by atoms with Gasteiger partial charge in [-0.15, -0.1) is 0 Å². The van der Waals surface area contributed by atoms with Gasteiger partial charge in [0.1, 0.15) is 0 Å². The minimum absolute atomic E-state index is 0.186. The molecule has 0 bridgehead atoms. The van der Waals surface area contributed by atoms with E-state index in [1.807, 2.05) is 24.3 Å². The maximum Gasteiger partial charge on any atom is 0.161 e. The maximum atomic E-state index is 11.4. The largest absolute Gasteiger partial charge is 0.294 e. The lowest BCUT2D eigenvalue weighted by atomic mass is 10.1. The first-order valence-electron chi connectivity index (χ1n) is 4.69. The Hall–Kier alpha value is -1.70.